The molecule has 4 heteroatoms. The van der Waals surface area contributed by atoms with Gasteiger partial charge in [-0.3, -0.25) is 4.90 Å². The molecular weight excluding hydrogens is 260 g/mol. The van der Waals surface area contributed by atoms with Crippen molar-refractivity contribution in [3.63, 3.8) is 0 Å². The molecule has 1 N–H and O–H groups in total. The molecule has 0 fully saturated rings. The first kappa shape index (κ1) is 14.1. The van der Waals surface area contributed by atoms with E-state index in [1.165, 1.54) is 11.1 Å². The Labute approximate surface area is 119 Å². The van der Waals surface area contributed by atoms with Crippen LogP contribution in [0.3, 0.4) is 0 Å². The van der Waals surface area contributed by atoms with E-state index in [4.69, 9.17) is 16.0 Å². The maximum absolute atomic E-state index is 5.99. The largest absolute Gasteiger partial charge is 0.468 e. The van der Waals surface area contributed by atoms with Crippen LogP contribution in [-0.4, -0.2) is 19.0 Å². The zero-order valence-corrected chi connectivity index (χ0v) is 12.1. The Balaban J connectivity index is 1.97. The lowest BCUT2D eigenvalue weighted by Crippen LogP contribution is -2.18. The highest BCUT2D eigenvalue weighted by Gasteiger charge is 2.09. The van der Waals surface area contributed by atoms with Gasteiger partial charge in [0.05, 0.1) is 12.8 Å². The summed E-state index contributed by atoms with van der Waals surface area (Å²) in [5, 5.41) is 3.92. The molecule has 3 nitrogen and oxygen atoms in total. The number of nitrogens with one attached hydrogen (secondary N) is 1. The highest BCUT2D eigenvalue weighted by Crippen LogP contribution is 2.16. The van der Waals surface area contributed by atoms with Gasteiger partial charge >= 0.3 is 0 Å². The van der Waals surface area contributed by atoms with Crippen LogP contribution in [0.4, 0.5) is 0 Å². The Hall–Kier alpha value is -1.29. The molecule has 0 aliphatic rings. The molecule has 0 aliphatic carbocycles. The molecule has 2 rings (SSSR count). The Kier molecular flexibility index (Phi) is 5.02. The molecule has 1 aromatic heterocycles. The molecule has 1 heterocycles. The van der Waals surface area contributed by atoms with Gasteiger partial charge < -0.3 is 9.73 Å². The number of hydrogen-bond donors (Lipinski definition) is 1. The normalized spacial score (nSPS) is 11.2. The standard InChI is InChI=1S/C15H19ClN2O/c1-17-9-13-6-7-19-15(13)11-18(2)10-12-4-3-5-14(16)8-12/h3-8,17H,9-11H2,1-2H3. The molecule has 1 aromatic carbocycles. The highest BCUT2D eigenvalue weighted by atomic mass is 35.5. The molecular formula is C15H19ClN2O. The second-order valence-corrected chi connectivity index (χ2v) is 5.14. The molecule has 0 unspecified atom stereocenters. The van der Waals surface area contributed by atoms with Crippen LogP contribution in [0, 0.1) is 0 Å². The Morgan fingerprint density at radius 1 is 1.26 bits per heavy atom. The summed E-state index contributed by atoms with van der Waals surface area (Å²) < 4.78 is 5.54. The average Bonchev–Trinajstić information content (AvgIpc) is 2.77. The zero-order valence-electron chi connectivity index (χ0n) is 11.3. The van der Waals surface area contributed by atoms with E-state index in [2.05, 4.69) is 23.3 Å². The van der Waals surface area contributed by atoms with E-state index in [-0.39, 0.29) is 0 Å². The minimum atomic E-state index is 0.778. The Bertz CT molecular complexity index is 524. The van der Waals surface area contributed by atoms with Gasteiger partial charge in [-0.05, 0) is 37.9 Å². The molecule has 102 valence electrons. The van der Waals surface area contributed by atoms with Crippen LogP contribution in [0.25, 0.3) is 0 Å². The average molecular weight is 279 g/mol. The van der Waals surface area contributed by atoms with Crippen molar-refractivity contribution in [2.45, 2.75) is 19.6 Å². The van der Waals surface area contributed by atoms with Crippen molar-refractivity contribution in [3.05, 3.63) is 58.5 Å². The molecule has 0 saturated carbocycles. The van der Waals surface area contributed by atoms with Gasteiger partial charge in [0.2, 0.25) is 0 Å². The fourth-order valence-electron chi connectivity index (χ4n) is 2.10. The maximum atomic E-state index is 5.99. The summed E-state index contributed by atoms with van der Waals surface area (Å²) in [7, 11) is 4.01. The van der Waals surface area contributed by atoms with Gasteiger partial charge in [-0.2, -0.15) is 0 Å². The minimum absolute atomic E-state index is 0.778. The first-order chi connectivity index (χ1) is 9.19. The third kappa shape index (κ3) is 4.10. The van der Waals surface area contributed by atoms with Crippen molar-refractivity contribution in [1.82, 2.24) is 10.2 Å². The van der Waals surface area contributed by atoms with E-state index in [0.29, 0.717) is 0 Å². The molecule has 0 amide bonds. The lowest BCUT2D eigenvalue weighted by molar-refractivity contribution is 0.286. The second-order valence-electron chi connectivity index (χ2n) is 4.70. The summed E-state index contributed by atoms with van der Waals surface area (Å²) in [4.78, 5) is 2.21. The lowest BCUT2D eigenvalue weighted by atomic mass is 10.2. The number of rotatable bonds is 6. The van der Waals surface area contributed by atoms with Crippen LogP contribution in [0.2, 0.25) is 5.02 Å². The Morgan fingerprint density at radius 3 is 2.84 bits per heavy atom. The smallest absolute Gasteiger partial charge is 0.122 e. The van der Waals surface area contributed by atoms with Crippen LogP contribution in [-0.2, 0) is 19.6 Å². The number of benzene rings is 1. The topological polar surface area (TPSA) is 28.4 Å². The summed E-state index contributed by atoms with van der Waals surface area (Å²) in [6.07, 6.45) is 1.75. The summed E-state index contributed by atoms with van der Waals surface area (Å²) in [5.41, 5.74) is 2.41. The van der Waals surface area contributed by atoms with E-state index >= 15 is 0 Å². The van der Waals surface area contributed by atoms with Crippen LogP contribution in [0.5, 0.6) is 0 Å². The fraction of sp³-hybridized carbons (Fsp3) is 0.333. The van der Waals surface area contributed by atoms with Crippen LogP contribution in [0.1, 0.15) is 16.9 Å². The summed E-state index contributed by atoms with van der Waals surface area (Å²) in [5.74, 6) is 1.01. The molecule has 0 aliphatic heterocycles. The van der Waals surface area contributed by atoms with Gasteiger partial charge in [0, 0.05) is 23.7 Å². The molecule has 0 bridgehead atoms. The van der Waals surface area contributed by atoms with E-state index in [1.807, 2.05) is 31.3 Å². The molecule has 0 spiro atoms. The van der Waals surface area contributed by atoms with Crippen molar-refractivity contribution in [2.75, 3.05) is 14.1 Å². The van der Waals surface area contributed by atoms with E-state index in [0.717, 1.165) is 30.4 Å². The number of hydrogen-bond acceptors (Lipinski definition) is 3. The van der Waals surface area contributed by atoms with Gasteiger partial charge in [-0.1, -0.05) is 23.7 Å². The number of halogens is 1. The summed E-state index contributed by atoms with van der Waals surface area (Å²) >= 11 is 5.99. The number of furan rings is 1. The number of nitrogens with zero attached hydrogens (tertiary/aromatic N) is 1. The third-order valence-corrected chi connectivity index (χ3v) is 3.20. The first-order valence-corrected chi connectivity index (χ1v) is 6.69. The maximum Gasteiger partial charge on any atom is 0.122 e. The van der Waals surface area contributed by atoms with Gasteiger partial charge in [0.1, 0.15) is 5.76 Å². The van der Waals surface area contributed by atoms with Crippen LogP contribution < -0.4 is 5.32 Å². The first-order valence-electron chi connectivity index (χ1n) is 6.32. The summed E-state index contributed by atoms with van der Waals surface area (Å²) in [6, 6.07) is 9.96. The van der Waals surface area contributed by atoms with E-state index in [1.54, 1.807) is 6.26 Å². The van der Waals surface area contributed by atoms with Crippen molar-refractivity contribution in [2.24, 2.45) is 0 Å². The van der Waals surface area contributed by atoms with Crippen molar-refractivity contribution >= 4 is 11.6 Å². The molecule has 0 radical (unpaired) electrons. The second kappa shape index (κ2) is 6.75. The van der Waals surface area contributed by atoms with Gasteiger partial charge in [0.25, 0.3) is 0 Å². The molecule has 0 saturated heterocycles. The minimum Gasteiger partial charge on any atom is -0.468 e. The van der Waals surface area contributed by atoms with E-state index < -0.39 is 0 Å². The lowest BCUT2D eigenvalue weighted by Gasteiger charge is -2.16. The monoisotopic (exact) mass is 278 g/mol. The van der Waals surface area contributed by atoms with Crippen molar-refractivity contribution in [3.8, 4) is 0 Å². The van der Waals surface area contributed by atoms with Crippen LogP contribution in [0.15, 0.2) is 41.0 Å². The third-order valence-electron chi connectivity index (χ3n) is 2.96. The molecule has 0 atom stereocenters. The zero-order chi connectivity index (χ0) is 13.7. The fourth-order valence-corrected chi connectivity index (χ4v) is 2.31. The van der Waals surface area contributed by atoms with E-state index in [9.17, 15) is 0 Å². The van der Waals surface area contributed by atoms with Crippen molar-refractivity contribution < 1.29 is 4.42 Å². The van der Waals surface area contributed by atoms with Crippen molar-refractivity contribution in [1.29, 1.82) is 0 Å². The highest BCUT2D eigenvalue weighted by molar-refractivity contribution is 6.30. The summed E-state index contributed by atoms with van der Waals surface area (Å²) in [6.45, 7) is 2.47. The van der Waals surface area contributed by atoms with Gasteiger partial charge in [0.15, 0.2) is 0 Å². The molecule has 19 heavy (non-hydrogen) atoms. The predicted octanol–water partition coefficient (Wildman–Crippen LogP) is 3.28. The quantitative estimate of drug-likeness (QED) is 0.879. The predicted molar refractivity (Wildman–Crippen MR) is 78.1 cm³/mol. The van der Waals surface area contributed by atoms with Gasteiger partial charge in [-0.15, -0.1) is 0 Å². The van der Waals surface area contributed by atoms with Gasteiger partial charge in [-0.25, -0.2) is 0 Å². The van der Waals surface area contributed by atoms with Crippen LogP contribution >= 0.6 is 11.6 Å². The molecule has 2 aromatic rings. The Morgan fingerprint density at radius 2 is 2.11 bits per heavy atom. The SMILES string of the molecule is CNCc1ccoc1CN(C)Cc1cccc(Cl)c1.